The molecule has 3 aromatic rings. The average molecular weight is 419 g/mol. The van der Waals surface area contributed by atoms with Crippen LogP contribution in [0.1, 0.15) is 29.0 Å². The van der Waals surface area contributed by atoms with Crippen LogP contribution in [0.4, 0.5) is 5.82 Å². The summed E-state index contributed by atoms with van der Waals surface area (Å²) in [5, 5.41) is 6.45. The van der Waals surface area contributed by atoms with Crippen LogP contribution in [0.15, 0.2) is 65.2 Å². The van der Waals surface area contributed by atoms with Gasteiger partial charge in [0.25, 0.3) is 5.91 Å². The standard InChI is InChI=1S/C24H25N3O4/c1-17-14-22(26-31-17)25-23(28)16-27(15-21-8-5-13-30-21)24(29)20-11-9-19(10-12-20)18-6-3-2-4-7-18/h2-4,6-7,9-12,14,21H,5,8,13,15-16H2,1H3,(H,25,26,28). The zero-order valence-electron chi connectivity index (χ0n) is 17.4. The molecule has 1 saturated heterocycles. The summed E-state index contributed by atoms with van der Waals surface area (Å²) in [5.41, 5.74) is 2.64. The highest BCUT2D eigenvalue weighted by atomic mass is 16.5. The molecule has 1 aliphatic heterocycles. The predicted molar refractivity (Wildman–Crippen MR) is 117 cm³/mol. The molecule has 1 atom stereocenters. The third-order valence-electron chi connectivity index (χ3n) is 5.20. The summed E-state index contributed by atoms with van der Waals surface area (Å²) in [6.07, 6.45) is 1.78. The summed E-state index contributed by atoms with van der Waals surface area (Å²) in [7, 11) is 0. The fourth-order valence-electron chi connectivity index (χ4n) is 3.65. The molecule has 0 aliphatic carbocycles. The molecule has 0 bridgehead atoms. The van der Waals surface area contributed by atoms with Crippen molar-refractivity contribution in [3.8, 4) is 11.1 Å². The fourth-order valence-corrected chi connectivity index (χ4v) is 3.65. The Morgan fingerprint density at radius 1 is 1.10 bits per heavy atom. The van der Waals surface area contributed by atoms with Gasteiger partial charge in [-0.3, -0.25) is 9.59 Å². The molecule has 1 N–H and O–H groups in total. The van der Waals surface area contributed by atoms with Gasteiger partial charge in [0.1, 0.15) is 12.3 Å². The molecule has 1 unspecified atom stereocenters. The maximum absolute atomic E-state index is 13.2. The number of hydrogen-bond donors (Lipinski definition) is 1. The Kier molecular flexibility index (Phi) is 6.43. The second-order valence-electron chi connectivity index (χ2n) is 7.64. The first-order valence-electron chi connectivity index (χ1n) is 10.4. The van der Waals surface area contributed by atoms with Crippen molar-refractivity contribution in [3.05, 3.63) is 72.0 Å². The van der Waals surface area contributed by atoms with Gasteiger partial charge in [-0.1, -0.05) is 47.6 Å². The molecule has 1 fully saturated rings. The number of nitrogens with zero attached hydrogens (tertiary/aromatic N) is 2. The largest absolute Gasteiger partial charge is 0.376 e. The lowest BCUT2D eigenvalue weighted by Gasteiger charge is -2.25. The van der Waals surface area contributed by atoms with Crippen molar-refractivity contribution in [2.24, 2.45) is 0 Å². The van der Waals surface area contributed by atoms with Gasteiger partial charge < -0.3 is 19.5 Å². The molecule has 0 saturated carbocycles. The van der Waals surface area contributed by atoms with Crippen LogP contribution in [0, 0.1) is 6.92 Å². The Bertz CT molecular complexity index is 1020. The third-order valence-corrected chi connectivity index (χ3v) is 5.20. The van der Waals surface area contributed by atoms with Gasteiger partial charge >= 0.3 is 0 Å². The minimum atomic E-state index is -0.333. The van der Waals surface area contributed by atoms with Gasteiger partial charge in [0.05, 0.1) is 6.10 Å². The van der Waals surface area contributed by atoms with Gasteiger partial charge in [-0.15, -0.1) is 0 Å². The number of aryl methyl sites for hydroxylation is 1. The van der Waals surface area contributed by atoms with Crippen molar-refractivity contribution in [2.45, 2.75) is 25.9 Å². The molecular formula is C24H25N3O4. The highest BCUT2D eigenvalue weighted by Crippen LogP contribution is 2.21. The normalized spacial score (nSPS) is 15.6. The fraction of sp³-hybridized carbons (Fsp3) is 0.292. The molecule has 31 heavy (non-hydrogen) atoms. The van der Waals surface area contributed by atoms with E-state index in [1.54, 1.807) is 25.1 Å². The van der Waals surface area contributed by atoms with Crippen molar-refractivity contribution < 1.29 is 18.8 Å². The van der Waals surface area contributed by atoms with Crippen LogP contribution in [0.3, 0.4) is 0 Å². The van der Waals surface area contributed by atoms with Crippen LogP contribution in [0.25, 0.3) is 11.1 Å². The Hall–Kier alpha value is -3.45. The molecule has 0 radical (unpaired) electrons. The summed E-state index contributed by atoms with van der Waals surface area (Å²) < 4.78 is 10.7. The lowest BCUT2D eigenvalue weighted by atomic mass is 10.0. The maximum Gasteiger partial charge on any atom is 0.254 e. The summed E-state index contributed by atoms with van der Waals surface area (Å²) in [5.74, 6) is 0.391. The molecule has 2 heterocycles. The first-order chi connectivity index (χ1) is 15.1. The minimum Gasteiger partial charge on any atom is -0.376 e. The topological polar surface area (TPSA) is 84.7 Å². The van der Waals surface area contributed by atoms with Gasteiger partial charge in [-0.05, 0) is 43.0 Å². The molecule has 7 nitrogen and oxygen atoms in total. The van der Waals surface area contributed by atoms with Crippen LogP contribution in [0.2, 0.25) is 0 Å². The van der Waals surface area contributed by atoms with Crippen LogP contribution in [0.5, 0.6) is 0 Å². The Morgan fingerprint density at radius 2 is 1.84 bits per heavy atom. The van der Waals surface area contributed by atoms with Gasteiger partial charge in [-0.2, -0.15) is 0 Å². The predicted octanol–water partition coefficient (Wildman–Crippen LogP) is 3.91. The Balaban J connectivity index is 1.48. The van der Waals surface area contributed by atoms with Crippen molar-refractivity contribution >= 4 is 17.6 Å². The van der Waals surface area contributed by atoms with Crippen LogP contribution >= 0.6 is 0 Å². The number of ether oxygens (including phenoxy) is 1. The Labute approximate surface area is 181 Å². The highest BCUT2D eigenvalue weighted by molar-refractivity contribution is 5.99. The third kappa shape index (κ3) is 5.38. The van der Waals surface area contributed by atoms with E-state index >= 15 is 0 Å². The molecule has 7 heteroatoms. The summed E-state index contributed by atoms with van der Waals surface area (Å²) in [4.78, 5) is 27.3. The van der Waals surface area contributed by atoms with Crippen LogP contribution < -0.4 is 5.32 Å². The number of benzene rings is 2. The van der Waals surface area contributed by atoms with E-state index in [2.05, 4.69) is 10.5 Å². The molecule has 160 valence electrons. The number of anilines is 1. The Morgan fingerprint density at radius 3 is 2.48 bits per heavy atom. The first kappa shape index (κ1) is 20.8. The van der Waals surface area contributed by atoms with Gasteiger partial charge in [0.2, 0.25) is 5.91 Å². The summed E-state index contributed by atoms with van der Waals surface area (Å²) in [6, 6.07) is 19.0. The lowest BCUT2D eigenvalue weighted by molar-refractivity contribution is -0.117. The molecule has 2 aromatic carbocycles. The van der Waals surface area contributed by atoms with Gasteiger partial charge in [-0.25, -0.2) is 0 Å². The molecule has 1 aromatic heterocycles. The number of aromatic nitrogens is 1. The van der Waals surface area contributed by atoms with Crippen molar-refractivity contribution in [3.63, 3.8) is 0 Å². The molecular weight excluding hydrogens is 394 g/mol. The highest BCUT2D eigenvalue weighted by Gasteiger charge is 2.25. The molecule has 1 aliphatic rings. The summed E-state index contributed by atoms with van der Waals surface area (Å²) in [6.45, 7) is 2.70. The van der Waals surface area contributed by atoms with Crippen molar-refractivity contribution in [1.82, 2.24) is 10.1 Å². The number of nitrogens with one attached hydrogen (secondary N) is 1. The number of carbonyl (C=O) groups is 2. The second-order valence-corrected chi connectivity index (χ2v) is 7.64. The van der Waals surface area contributed by atoms with E-state index in [4.69, 9.17) is 9.26 Å². The molecule has 4 rings (SSSR count). The van der Waals surface area contributed by atoms with E-state index in [9.17, 15) is 9.59 Å². The average Bonchev–Trinajstić information content (AvgIpc) is 3.45. The zero-order valence-corrected chi connectivity index (χ0v) is 17.4. The number of rotatable bonds is 7. The maximum atomic E-state index is 13.2. The zero-order chi connectivity index (χ0) is 21.6. The van der Waals surface area contributed by atoms with Crippen molar-refractivity contribution in [2.75, 3.05) is 25.0 Å². The monoisotopic (exact) mass is 419 g/mol. The summed E-state index contributed by atoms with van der Waals surface area (Å²) >= 11 is 0. The van der Waals surface area contributed by atoms with Gasteiger partial charge in [0, 0.05) is 24.8 Å². The van der Waals surface area contributed by atoms with E-state index in [1.807, 2.05) is 42.5 Å². The smallest absolute Gasteiger partial charge is 0.254 e. The first-order valence-corrected chi connectivity index (χ1v) is 10.4. The lowest BCUT2D eigenvalue weighted by Crippen LogP contribution is -2.42. The van der Waals surface area contributed by atoms with Crippen LogP contribution in [-0.2, 0) is 9.53 Å². The minimum absolute atomic E-state index is 0.0605. The second kappa shape index (κ2) is 9.57. The quantitative estimate of drug-likeness (QED) is 0.628. The van der Waals surface area contributed by atoms with E-state index < -0.39 is 0 Å². The number of amides is 2. The van der Waals surface area contributed by atoms with Crippen LogP contribution in [-0.4, -0.2) is 47.7 Å². The van der Waals surface area contributed by atoms with E-state index in [1.165, 1.54) is 4.90 Å². The number of carbonyl (C=O) groups excluding carboxylic acids is 2. The van der Waals surface area contributed by atoms with Crippen molar-refractivity contribution in [1.29, 1.82) is 0 Å². The van der Waals surface area contributed by atoms with E-state index in [0.717, 1.165) is 24.0 Å². The number of hydrogen-bond acceptors (Lipinski definition) is 5. The molecule has 2 amide bonds. The van der Waals surface area contributed by atoms with Gasteiger partial charge in [0.15, 0.2) is 5.82 Å². The molecule has 0 spiro atoms. The van der Waals surface area contributed by atoms with E-state index in [-0.39, 0.29) is 24.5 Å². The van der Waals surface area contributed by atoms with E-state index in [0.29, 0.717) is 30.3 Å². The SMILES string of the molecule is Cc1cc(NC(=O)CN(CC2CCCO2)C(=O)c2ccc(-c3ccccc3)cc2)no1.